The van der Waals surface area contributed by atoms with Crippen molar-refractivity contribution in [2.45, 2.75) is 31.2 Å². The Kier molecular flexibility index (Phi) is 1.62. The molecule has 3 heteroatoms. The van der Waals surface area contributed by atoms with Crippen LogP contribution < -0.4 is 0 Å². The molecule has 2 N–H and O–H groups in total. The van der Waals surface area contributed by atoms with Crippen molar-refractivity contribution in [3.05, 3.63) is 29.8 Å². The van der Waals surface area contributed by atoms with Crippen LogP contribution >= 0.6 is 0 Å². The van der Waals surface area contributed by atoms with Crippen molar-refractivity contribution in [2.75, 3.05) is 20.5 Å². The Morgan fingerprint density at radius 3 is 3.44 bits per heavy atom. The molecule has 0 saturated heterocycles. The lowest BCUT2D eigenvalue weighted by molar-refractivity contribution is -0.0619. The van der Waals surface area contributed by atoms with Crippen molar-refractivity contribution >= 4 is 0 Å². The Morgan fingerprint density at radius 2 is 2.67 bits per heavy atom. The first-order valence-corrected chi connectivity index (χ1v) is 5.83. The number of hydrogen-bond acceptors (Lipinski definition) is 3. The van der Waals surface area contributed by atoms with Gasteiger partial charge in [-0.25, -0.2) is 0 Å². The lowest BCUT2D eigenvalue weighted by Crippen LogP contribution is -2.43. The van der Waals surface area contributed by atoms with Crippen molar-refractivity contribution in [1.82, 2.24) is 4.90 Å². The van der Waals surface area contributed by atoms with Crippen LogP contribution in [0, 0.1) is 5.89 Å². The van der Waals surface area contributed by atoms with E-state index in [1.807, 2.05) is 0 Å². The van der Waals surface area contributed by atoms with Crippen LogP contribution in [0.25, 0.3) is 0 Å². The van der Waals surface area contributed by atoms with Gasteiger partial charge >= 0.3 is 0 Å². The maximum atomic E-state index is 9.02. The zero-order chi connectivity index (χ0) is 21.6. The minimum atomic E-state index is -2.90. The van der Waals surface area contributed by atoms with Gasteiger partial charge in [0.1, 0.15) is 5.75 Å². The zero-order valence-corrected chi connectivity index (χ0v) is 10.2. The van der Waals surface area contributed by atoms with E-state index >= 15 is 0 Å². The molecule has 0 aliphatic heterocycles. The lowest BCUT2D eigenvalue weighted by atomic mass is 9.71. The molecule has 1 aliphatic rings. The van der Waals surface area contributed by atoms with Crippen LogP contribution in [0.1, 0.15) is 42.2 Å². The summed E-state index contributed by atoms with van der Waals surface area (Å²) >= 11 is 0. The summed E-state index contributed by atoms with van der Waals surface area (Å²) in [5, 5.41) is 9.28. The summed E-state index contributed by atoms with van der Waals surface area (Å²) in [7, 11) is 0.992. The normalized spacial score (nSPS) is 44.8. The highest BCUT2D eigenvalue weighted by atomic mass is 16.3. The average Bonchev–Trinajstić information content (AvgIpc) is 2.60. The zero-order valence-electron chi connectivity index (χ0n) is 20.2. The monoisotopic (exact) mass is 259 g/mol. The van der Waals surface area contributed by atoms with E-state index in [2.05, 4.69) is 5.11 Å². The minimum Gasteiger partial charge on any atom is -0.508 e. The molecular weight excluding hydrogens is 226 g/mol. The maximum absolute atomic E-state index is 9.02. The molecule has 1 saturated carbocycles. The second-order valence-electron chi connectivity index (χ2n) is 4.39. The summed E-state index contributed by atoms with van der Waals surface area (Å²) in [6, 6.07) is 5.38. The van der Waals surface area contributed by atoms with Gasteiger partial charge in [0.15, 0.2) is 0 Å². The molecule has 3 nitrogen and oxygen atoms in total. The van der Waals surface area contributed by atoms with Crippen molar-refractivity contribution < 1.29 is 21.2 Å². The molecule has 0 unspecified atom stereocenters. The van der Waals surface area contributed by atoms with Gasteiger partial charge < -0.3 is 15.1 Å². The summed E-state index contributed by atoms with van der Waals surface area (Å²) in [6.07, 6.45) is -2.64. The topological polar surface area (TPSA) is 43.7 Å². The van der Waals surface area contributed by atoms with Crippen molar-refractivity contribution in [3.8, 4) is 5.75 Å². The first-order chi connectivity index (χ1) is 12.7. The summed E-state index contributed by atoms with van der Waals surface area (Å²) < 4.78 is 80.5. The molecule has 18 heavy (non-hydrogen) atoms. The van der Waals surface area contributed by atoms with Crippen molar-refractivity contribution in [1.29, 1.82) is 2.86 Å². The Hall–Kier alpha value is -1.06. The molecule has 2 atom stereocenters. The molecule has 1 aliphatic carbocycles. The van der Waals surface area contributed by atoms with E-state index < -0.39 is 31.3 Å². The van der Waals surface area contributed by atoms with Gasteiger partial charge in [-0.15, -0.1) is 0 Å². The third-order valence-corrected chi connectivity index (χ3v) is 2.95. The van der Waals surface area contributed by atoms with Gasteiger partial charge in [-0.3, -0.25) is 0 Å². The Labute approximate surface area is 123 Å². The molecule has 1 aromatic carbocycles. The van der Waals surface area contributed by atoms with Gasteiger partial charge in [-0.05, 0) is 44.5 Å². The SMILES string of the molecule is [2H]Oc1cccc([C@]2(O[2H])C([2H])([2H])CCC[C@@]2([2H])C([2H])([2H])N(C)C([2H])([2H])[2H])c1. The molecule has 0 bridgehead atoms. The lowest BCUT2D eigenvalue weighted by Gasteiger charge is -2.41. The van der Waals surface area contributed by atoms with Crippen LogP contribution in [0.15, 0.2) is 24.3 Å². The fraction of sp³-hybridized carbons (Fsp3) is 0.600. The highest BCUT2D eigenvalue weighted by Gasteiger charge is 2.40. The number of nitrogens with zero attached hydrogens (tertiary/aromatic N) is 1. The predicted molar refractivity (Wildman–Crippen MR) is 72.5 cm³/mol. The van der Waals surface area contributed by atoms with Gasteiger partial charge in [0.2, 0.25) is 1.43 Å². The average molecular weight is 259 g/mol. The molecule has 1 aromatic rings. The van der Waals surface area contributed by atoms with Crippen LogP contribution in [-0.2, 0) is 5.60 Å². The van der Waals surface area contributed by atoms with Crippen LogP contribution in [0.5, 0.6) is 5.75 Å². The highest BCUT2D eigenvalue weighted by molar-refractivity contribution is 5.32. The fourth-order valence-electron chi connectivity index (χ4n) is 2.14. The largest absolute Gasteiger partial charge is 0.508 e. The number of hydrogen-bond donors (Lipinski definition) is 2. The number of phenolic OH excluding ortho intramolecular Hbond substituents is 1. The number of benzene rings is 1. The first kappa shape index (κ1) is 5.51. The number of aliphatic hydroxyl groups is 1. The van der Waals surface area contributed by atoms with Gasteiger partial charge in [0, 0.05) is 23.4 Å². The summed E-state index contributed by atoms with van der Waals surface area (Å²) in [5.74, 6) is -2.52. The molecule has 0 amide bonds. The van der Waals surface area contributed by atoms with Crippen LogP contribution in [0.3, 0.4) is 0 Å². The summed E-state index contributed by atoms with van der Waals surface area (Å²) in [5.41, 5.74) is -2.55. The third kappa shape index (κ3) is 2.68. The van der Waals surface area contributed by atoms with Gasteiger partial charge in [0.05, 0.1) is 5.60 Å². The molecule has 0 radical (unpaired) electrons. The van der Waals surface area contributed by atoms with E-state index in [0.29, 0.717) is 4.90 Å². The predicted octanol–water partition coefficient (Wildman–Crippen LogP) is 2.33. The van der Waals surface area contributed by atoms with E-state index in [0.717, 1.165) is 7.05 Å². The maximum Gasteiger partial charge on any atom is 0.293 e. The van der Waals surface area contributed by atoms with E-state index in [1.54, 1.807) is 0 Å². The first-order valence-electron chi connectivity index (χ1n) is 10.6. The van der Waals surface area contributed by atoms with Gasteiger partial charge in [-0.1, -0.05) is 25.0 Å². The van der Waals surface area contributed by atoms with Gasteiger partial charge in [0.25, 0.3) is 1.43 Å². The Morgan fingerprint density at radius 1 is 1.72 bits per heavy atom. The van der Waals surface area contributed by atoms with E-state index in [9.17, 15) is 0 Å². The van der Waals surface area contributed by atoms with Crippen LogP contribution in [0.4, 0.5) is 0 Å². The molecule has 1 fully saturated rings. The number of rotatable bonds is 5. The second kappa shape index (κ2) is 5.29. The van der Waals surface area contributed by atoms with Crippen LogP contribution in [-0.4, -0.2) is 38.5 Å². The van der Waals surface area contributed by atoms with E-state index in [-0.39, 0.29) is 30.6 Å². The van der Waals surface area contributed by atoms with Crippen molar-refractivity contribution in [2.24, 2.45) is 5.89 Å². The smallest absolute Gasteiger partial charge is 0.293 e. The second-order valence-corrected chi connectivity index (χ2v) is 4.39. The molecule has 2 rings (SSSR count). The molecule has 0 heterocycles. The molecular formula is C15H23NO2. The fourth-order valence-corrected chi connectivity index (χ4v) is 2.14. The molecule has 100 valence electrons. The standard InChI is InChI=1S/C15H23NO2/c1-16(2)11-13-6-3-4-9-15(13,18)12-7-5-8-14(17)10-12/h5,7-8,10,13,17-18H,3-4,6,9,11H2,1-2H3/t13-,15+/m0/s1/i1D3,9D2,11D2,13D,18D/hD. The quantitative estimate of drug-likeness (QED) is 0.853. The minimum absolute atomic E-state index is 0.0117. The highest BCUT2D eigenvalue weighted by Crippen LogP contribution is 2.42. The number of phenols is 1. The summed E-state index contributed by atoms with van der Waals surface area (Å²) in [6.45, 7) is -5.80. The Bertz CT molecular complexity index is 712. The molecule has 0 aromatic heterocycles. The third-order valence-electron chi connectivity index (χ3n) is 2.95. The van der Waals surface area contributed by atoms with Crippen molar-refractivity contribution in [3.63, 3.8) is 0 Å². The molecule has 0 spiro atoms. The van der Waals surface area contributed by atoms with E-state index in [4.69, 9.17) is 18.9 Å². The van der Waals surface area contributed by atoms with E-state index in [1.165, 1.54) is 24.3 Å². The van der Waals surface area contributed by atoms with Crippen LogP contribution in [0.2, 0.25) is 0 Å². The Balaban J connectivity index is 2.82. The summed E-state index contributed by atoms with van der Waals surface area (Å²) in [4.78, 5) is 0.396. The van der Waals surface area contributed by atoms with Gasteiger partial charge in [-0.2, -0.15) is 0 Å². The number of aromatic hydroxyl groups is 1.